The Morgan fingerprint density at radius 2 is 1.76 bits per heavy atom. The second kappa shape index (κ2) is 29.8. The van der Waals surface area contributed by atoms with Crippen molar-refractivity contribution in [2.45, 2.75) is 97.8 Å². The molecule has 59 heavy (non-hydrogen) atoms. The molecule has 1 aliphatic carbocycles. The van der Waals surface area contributed by atoms with E-state index >= 15 is 0 Å². The predicted molar refractivity (Wildman–Crippen MR) is 257 cm³/mol. The molecular weight excluding hydrogens is 756 g/mol. The molecule has 0 spiro atoms. The summed E-state index contributed by atoms with van der Waals surface area (Å²) in [6.07, 6.45) is 27.3. The first-order chi connectivity index (χ1) is 28.1. The van der Waals surface area contributed by atoms with Gasteiger partial charge >= 0.3 is 29.6 Å². The van der Waals surface area contributed by atoms with Gasteiger partial charge in [-0.3, -0.25) is 9.98 Å². The van der Waals surface area contributed by atoms with Gasteiger partial charge in [-0.25, -0.2) is 0 Å². The van der Waals surface area contributed by atoms with Crippen LogP contribution in [0, 0.1) is 17.8 Å². The fraction of sp³-hybridized carbons (Fsp3) is 0.510. The predicted octanol–water partition coefficient (Wildman–Crippen LogP) is 7.57. The summed E-state index contributed by atoms with van der Waals surface area (Å²) in [5, 5.41) is 7.54. The zero-order chi connectivity index (χ0) is 42.1. The molecule has 8 nitrogen and oxygen atoms in total. The van der Waals surface area contributed by atoms with E-state index in [2.05, 4.69) is 116 Å². The molecule has 0 radical (unpaired) electrons. The SMILES string of the molecule is C=CCCC(=C)N(C)CC1CCC(C)CC1.C=CNNC(=C)C1CCN=C/C(NC(=C)c2ccc3c(c2)N=C([S-])CC(CCN(CCC)CCC)=C3)=C\C=C\NCC1.[Na+]. The molecule has 2 heterocycles. The molecule has 1 aromatic carbocycles. The number of hydrogen-bond donors (Lipinski definition) is 4. The van der Waals surface area contributed by atoms with E-state index < -0.39 is 0 Å². The Balaban J connectivity index is 0.000000592. The summed E-state index contributed by atoms with van der Waals surface area (Å²) < 4.78 is 0. The van der Waals surface area contributed by atoms with Crippen LogP contribution in [0.3, 0.4) is 0 Å². The van der Waals surface area contributed by atoms with Gasteiger partial charge in [-0.15, -0.1) is 11.6 Å². The summed E-state index contributed by atoms with van der Waals surface area (Å²) in [5.41, 5.74) is 14.2. The van der Waals surface area contributed by atoms with Crippen LogP contribution in [0.1, 0.15) is 109 Å². The Labute approximate surface area is 387 Å². The van der Waals surface area contributed by atoms with Crippen LogP contribution in [0.25, 0.3) is 11.8 Å². The van der Waals surface area contributed by atoms with Crippen molar-refractivity contribution in [1.82, 2.24) is 31.3 Å². The second-order valence-electron chi connectivity index (χ2n) is 16.1. The molecule has 0 amide bonds. The van der Waals surface area contributed by atoms with E-state index in [0.717, 1.165) is 115 Å². The van der Waals surface area contributed by atoms with Gasteiger partial charge in [0.05, 0.1) is 11.4 Å². The van der Waals surface area contributed by atoms with Crippen molar-refractivity contribution in [3.05, 3.63) is 116 Å². The summed E-state index contributed by atoms with van der Waals surface area (Å²) in [5.74, 6) is 2.12. The fourth-order valence-corrected chi connectivity index (χ4v) is 7.85. The van der Waals surface area contributed by atoms with Crippen molar-refractivity contribution in [1.29, 1.82) is 0 Å². The third-order valence-corrected chi connectivity index (χ3v) is 11.4. The van der Waals surface area contributed by atoms with Crippen LogP contribution in [0.4, 0.5) is 5.69 Å². The number of hydrazine groups is 1. The number of allylic oxidation sites excluding steroid dienone is 6. The van der Waals surface area contributed by atoms with Crippen LogP contribution in [0.5, 0.6) is 0 Å². The number of nitrogens with zero attached hydrogens (tertiary/aromatic N) is 4. The van der Waals surface area contributed by atoms with E-state index in [0.29, 0.717) is 6.54 Å². The number of rotatable bonds is 20. The zero-order valence-corrected chi connectivity index (χ0v) is 40.3. The molecule has 4 N–H and O–H groups in total. The third kappa shape index (κ3) is 20.2. The minimum Gasteiger partial charge on any atom is -0.764 e. The van der Waals surface area contributed by atoms with Gasteiger partial charge in [0.15, 0.2) is 0 Å². The van der Waals surface area contributed by atoms with Crippen LogP contribution in [0.15, 0.2) is 114 Å². The zero-order valence-electron chi connectivity index (χ0n) is 37.5. The van der Waals surface area contributed by atoms with Gasteiger partial charge in [0.25, 0.3) is 0 Å². The maximum Gasteiger partial charge on any atom is 1.00 e. The fourth-order valence-electron chi connectivity index (χ4n) is 7.56. The van der Waals surface area contributed by atoms with E-state index in [9.17, 15) is 0 Å². The van der Waals surface area contributed by atoms with Crippen molar-refractivity contribution in [2.24, 2.45) is 27.7 Å². The van der Waals surface area contributed by atoms with Crippen molar-refractivity contribution in [2.75, 3.05) is 46.3 Å². The largest absolute Gasteiger partial charge is 1.00 e. The van der Waals surface area contributed by atoms with Gasteiger partial charge in [0, 0.05) is 74.2 Å². The average molecular weight is 831 g/mol. The molecule has 0 aromatic heterocycles. The van der Waals surface area contributed by atoms with Gasteiger partial charge < -0.3 is 43.9 Å². The Morgan fingerprint density at radius 1 is 1.02 bits per heavy atom. The standard InChI is InChI=1S/C34H49N7S.C15H27N.Na/c1-6-19-41(20-7-2)21-15-28-22-31-12-11-30(24-33(31)39-34(42)23-28)26(4)38-32-10-9-16-35-17-13-29(14-18-36-25-32)27(5)40-37-8-3;1-5-6-7-14(3)16(4)12-15-10-8-13(2)9-11-15;/h8-12,16,22,24-25,29,35,37-38,40H,3-7,13-15,17-21,23H2,1-2H3,(H,39,42);5,13,15H,1,3,6-12H2,2,4H3;/q;;+1/p-1/b16-9+,32-10+,36-25?;;. The van der Waals surface area contributed by atoms with Gasteiger partial charge in [0.1, 0.15) is 0 Å². The summed E-state index contributed by atoms with van der Waals surface area (Å²) in [6, 6.07) is 6.29. The Morgan fingerprint density at radius 3 is 2.46 bits per heavy atom. The summed E-state index contributed by atoms with van der Waals surface area (Å²) in [4.78, 5) is 14.4. The summed E-state index contributed by atoms with van der Waals surface area (Å²) in [7, 11) is 2.18. The minimum absolute atomic E-state index is 0. The molecule has 0 saturated heterocycles. The minimum atomic E-state index is 0. The van der Waals surface area contributed by atoms with E-state index in [4.69, 9.17) is 22.6 Å². The van der Waals surface area contributed by atoms with Crippen molar-refractivity contribution in [3.8, 4) is 0 Å². The Bertz CT molecular complexity index is 1630. The molecule has 2 aliphatic heterocycles. The van der Waals surface area contributed by atoms with E-state index in [-0.39, 0.29) is 35.5 Å². The van der Waals surface area contributed by atoms with Crippen LogP contribution >= 0.6 is 0 Å². The molecular formula is C49H75N8NaS. The molecule has 1 atom stereocenters. The molecule has 4 rings (SSSR count). The number of aliphatic imine (C=N–C) groups is 2. The Hall–Kier alpha value is -3.34. The van der Waals surface area contributed by atoms with Crippen LogP contribution in [-0.4, -0.2) is 67.4 Å². The first-order valence-corrected chi connectivity index (χ1v) is 22.1. The number of nitrogens with one attached hydrogen (secondary N) is 4. The van der Waals surface area contributed by atoms with Gasteiger partial charge in [-0.05, 0) is 119 Å². The van der Waals surface area contributed by atoms with E-state index in [1.165, 1.54) is 56.3 Å². The van der Waals surface area contributed by atoms with Crippen molar-refractivity contribution >= 4 is 41.3 Å². The van der Waals surface area contributed by atoms with Gasteiger partial charge in [-0.2, -0.15) is 0 Å². The van der Waals surface area contributed by atoms with Gasteiger partial charge in [0.2, 0.25) is 0 Å². The summed E-state index contributed by atoms with van der Waals surface area (Å²) in [6.45, 7) is 33.0. The average Bonchev–Trinajstić information content (AvgIpc) is 3.37. The third-order valence-electron chi connectivity index (χ3n) is 11.1. The van der Waals surface area contributed by atoms with Crippen molar-refractivity contribution in [3.63, 3.8) is 0 Å². The molecule has 1 fully saturated rings. The van der Waals surface area contributed by atoms with E-state index in [1.807, 2.05) is 30.6 Å². The second-order valence-corrected chi connectivity index (χ2v) is 16.6. The number of benzene rings is 1. The molecule has 10 heteroatoms. The maximum atomic E-state index is 5.67. The molecule has 3 aliphatic rings. The monoisotopic (exact) mass is 831 g/mol. The number of hydrogen-bond acceptors (Lipinski definition) is 9. The smallest absolute Gasteiger partial charge is 0.764 e. The van der Waals surface area contributed by atoms with Gasteiger partial charge in [-0.1, -0.05) is 89.8 Å². The first-order valence-electron chi connectivity index (χ1n) is 21.7. The summed E-state index contributed by atoms with van der Waals surface area (Å²) >= 11 is 5.67. The molecule has 0 bridgehead atoms. The van der Waals surface area contributed by atoms with E-state index in [1.54, 1.807) is 6.20 Å². The molecule has 318 valence electrons. The topological polar surface area (TPSA) is 79.3 Å². The molecule has 1 unspecified atom stereocenters. The van der Waals surface area contributed by atoms with Crippen LogP contribution in [-0.2, 0) is 12.6 Å². The molecule has 1 aromatic rings. The molecule has 1 saturated carbocycles. The van der Waals surface area contributed by atoms with Crippen molar-refractivity contribution < 1.29 is 29.6 Å². The number of fused-ring (bicyclic) bond motifs is 1. The first kappa shape index (κ1) is 51.8. The quantitative estimate of drug-likeness (QED) is 0.0468. The Kier molecular flexibility index (Phi) is 26.2. The maximum absolute atomic E-state index is 5.67. The normalized spacial score (nSPS) is 20.5. The van der Waals surface area contributed by atoms with Crippen LogP contribution in [0.2, 0.25) is 0 Å². The van der Waals surface area contributed by atoms with Crippen LogP contribution < -0.4 is 51.0 Å².